The summed E-state index contributed by atoms with van der Waals surface area (Å²) in [6.07, 6.45) is 3.41. The molecule has 0 spiro atoms. The first-order chi connectivity index (χ1) is 9.74. The summed E-state index contributed by atoms with van der Waals surface area (Å²) in [7, 11) is 0. The van der Waals surface area contributed by atoms with Gasteiger partial charge in [0.05, 0.1) is 12.2 Å². The molecule has 1 atom stereocenters. The molecule has 0 aromatic heterocycles. The molecular formula is C18H18O2. The number of hydrogen-bond donors (Lipinski definition) is 1. The summed E-state index contributed by atoms with van der Waals surface area (Å²) in [5.41, 5.74) is 4.19. The van der Waals surface area contributed by atoms with Crippen LogP contribution in [0.1, 0.15) is 28.7 Å². The Morgan fingerprint density at radius 3 is 2.70 bits per heavy atom. The van der Waals surface area contributed by atoms with Gasteiger partial charge >= 0.3 is 0 Å². The van der Waals surface area contributed by atoms with E-state index >= 15 is 0 Å². The van der Waals surface area contributed by atoms with Gasteiger partial charge in [0.15, 0.2) is 0 Å². The number of hydrogen-bond acceptors (Lipinski definition) is 2. The molecule has 0 saturated heterocycles. The molecule has 1 aliphatic carbocycles. The van der Waals surface area contributed by atoms with Crippen LogP contribution in [0.3, 0.4) is 0 Å². The molecule has 1 unspecified atom stereocenters. The third kappa shape index (κ3) is 1.83. The molecule has 2 aliphatic rings. The first-order valence-electron chi connectivity index (χ1n) is 7.30. The second-order valence-corrected chi connectivity index (χ2v) is 5.90. The zero-order valence-electron chi connectivity index (χ0n) is 11.4. The Hall–Kier alpha value is -1.80. The number of benzene rings is 2. The Bertz CT molecular complexity index is 662. The van der Waals surface area contributed by atoms with E-state index in [2.05, 4.69) is 30.3 Å². The number of fused-ring (bicyclic) bond motifs is 2. The summed E-state index contributed by atoms with van der Waals surface area (Å²) in [6.45, 7) is 0.764. The predicted octanol–water partition coefficient (Wildman–Crippen LogP) is 3.00. The van der Waals surface area contributed by atoms with Crippen LogP contribution < -0.4 is 4.74 Å². The molecule has 2 heteroatoms. The maximum atomic E-state index is 11.1. The van der Waals surface area contributed by atoms with Crippen molar-refractivity contribution in [2.75, 3.05) is 6.61 Å². The minimum absolute atomic E-state index is 0.711. The van der Waals surface area contributed by atoms with Crippen LogP contribution in [-0.4, -0.2) is 11.7 Å². The maximum absolute atomic E-state index is 11.1. The molecule has 2 aromatic carbocycles. The van der Waals surface area contributed by atoms with E-state index in [4.69, 9.17) is 4.74 Å². The minimum Gasteiger partial charge on any atom is -0.493 e. The summed E-state index contributed by atoms with van der Waals surface area (Å²) in [4.78, 5) is 0. The molecule has 0 amide bonds. The van der Waals surface area contributed by atoms with E-state index < -0.39 is 5.60 Å². The van der Waals surface area contributed by atoms with Crippen molar-refractivity contribution in [3.63, 3.8) is 0 Å². The SMILES string of the molecule is OC1(c2ccc3c(c2)CCO3)CCc2ccccc2C1. The molecule has 1 heterocycles. The standard InChI is InChI=1S/C18H18O2/c19-18(9-7-13-3-1-2-4-15(13)12-18)16-5-6-17-14(11-16)8-10-20-17/h1-6,11,19H,7-10,12H2. The number of ether oxygens (including phenoxy) is 1. The lowest BCUT2D eigenvalue weighted by Crippen LogP contribution is -2.33. The van der Waals surface area contributed by atoms with E-state index in [1.807, 2.05) is 12.1 Å². The fourth-order valence-corrected chi connectivity index (χ4v) is 3.44. The van der Waals surface area contributed by atoms with Crippen LogP contribution in [0, 0.1) is 0 Å². The predicted molar refractivity (Wildman–Crippen MR) is 78.0 cm³/mol. The quantitative estimate of drug-likeness (QED) is 0.860. The lowest BCUT2D eigenvalue weighted by atomic mass is 9.76. The van der Waals surface area contributed by atoms with E-state index in [1.165, 1.54) is 16.7 Å². The highest BCUT2D eigenvalue weighted by Gasteiger charge is 2.34. The van der Waals surface area contributed by atoms with Crippen LogP contribution >= 0.6 is 0 Å². The second-order valence-electron chi connectivity index (χ2n) is 5.90. The van der Waals surface area contributed by atoms with Crippen LogP contribution in [0.25, 0.3) is 0 Å². The lowest BCUT2D eigenvalue weighted by molar-refractivity contribution is 0.0222. The minimum atomic E-state index is -0.730. The third-order valence-electron chi connectivity index (χ3n) is 4.64. The van der Waals surface area contributed by atoms with Crippen molar-refractivity contribution >= 4 is 0 Å². The van der Waals surface area contributed by atoms with Gasteiger partial charge in [-0.2, -0.15) is 0 Å². The Kier molecular flexibility index (Phi) is 2.61. The summed E-state index contributed by atoms with van der Waals surface area (Å²) in [5.74, 6) is 0.980. The summed E-state index contributed by atoms with van der Waals surface area (Å²) in [6, 6.07) is 14.6. The zero-order valence-corrected chi connectivity index (χ0v) is 11.4. The molecular weight excluding hydrogens is 248 g/mol. The first-order valence-corrected chi connectivity index (χ1v) is 7.30. The van der Waals surface area contributed by atoms with Crippen LogP contribution in [0.15, 0.2) is 42.5 Å². The lowest BCUT2D eigenvalue weighted by Gasteiger charge is -2.34. The van der Waals surface area contributed by atoms with Crippen molar-refractivity contribution < 1.29 is 9.84 Å². The van der Waals surface area contributed by atoms with Gasteiger partial charge in [-0.05, 0) is 47.2 Å². The molecule has 0 saturated carbocycles. The van der Waals surface area contributed by atoms with Gasteiger partial charge in [-0.25, -0.2) is 0 Å². The van der Waals surface area contributed by atoms with Crippen molar-refractivity contribution in [1.29, 1.82) is 0 Å². The van der Waals surface area contributed by atoms with Crippen LogP contribution in [0.2, 0.25) is 0 Å². The van der Waals surface area contributed by atoms with E-state index in [9.17, 15) is 5.11 Å². The van der Waals surface area contributed by atoms with Gasteiger partial charge < -0.3 is 9.84 Å². The molecule has 1 N–H and O–H groups in total. The fourth-order valence-electron chi connectivity index (χ4n) is 3.44. The molecule has 1 aliphatic heterocycles. The fraction of sp³-hybridized carbons (Fsp3) is 0.333. The number of aliphatic hydroxyl groups is 1. The topological polar surface area (TPSA) is 29.5 Å². The molecule has 102 valence electrons. The highest BCUT2D eigenvalue weighted by molar-refractivity contribution is 5.43. The van der Waals surface area contributed by atoms with E-state index in [0.717, 1.165) is 37.2 Å². The molecule has 2 nitrogen and oxygen atoms in total. The Labute approximate surface area is 119 Å². The highest BCUT2D eigenvalue weighted by Crippen LogP contribution is 2.38. The maximum Gasteiger partial charge on any atom is 0.122 e. The first kappa shape index (κ1) is 12.0. The van der Waals surface area contributed by atoms with Gasteiger partial charge in [0.1, 0.15) is 5.75 Å². The molecule has 2 aromatic rings. The van der Waals surface area contributed by atoms with Gasteiger partial charge in [0.25, 0.3) is 0 Å². The average molecular weight is 266 g/mol. The van der Waals surface area contributed by atoms with Gasteiger partial charge in [0, 0.05) is 12.8 Å². The summed E-state index contributed by atoms with van der Waals surface area (Å²) < 4.78 is 5.55. The van der Waals surface area contributed by atoms with Gasteiger partial charge in [-0.15, -0.1) is 0 Å². The molecule has 4 rings (SSSR count). The van der Waals surface area contributed by atoms with E-state index in [0.29, 0.717) is 6.42 Å². The third-order valence-corrected chi connectivity index (χ3v) is 4.64. The van der Waals surface area contributed by atoms with Gasteiger partial charge in [0.2, 0.25) is 0 Å². The van der Waals surface area contributed by atoms with Crippen molar-refractivity contribution in [3.8, 4) is 5.75 Å². The number of rotatable bonds is 1. The summed E-state index contributed by atoms with van der Waals surface area (Å²) in [5, 5.41) is 11.1. The van der Waals surface area contributed by atoms with Gasteiger partial charge in [-0.3, -0.25) is 0 Å². The largest absolute Gasteiger partial charge is 0.493 e. The molecule has 0 bridgehead atoms. The zero-order chi connectivity index (χ0) is 13.6. The van der Waals surface area contributed by atoms with Gasteiger partial charge in [-0.1, -0.05) is 30.3 Å². The highest BCUT2D eigenvalue weighted by atomic mass is 16.5. The van der Waals surface area contributed by atoms with Crippen LogP contribution in [-0.2, 0) is 24.9 Å². The average Bonchev–Trinajstić information content (AvgIpc) is 2.94. The van der Waals surface area contributed by atoms with Crippen molar-refractivity contribution in [2.45, 2.75) is 31.3 Å². The molecule has 0 radical (unpaired) electrons. The Balaban J connectivity index is 1.72. The smallest absolute Gasteiger partial charge is 0.122 e. The van der Waals surface area contributed by atoms with Crippen molar-refractivity contribution in [1.82, 2.24) is 0 Å². The number of aryl methyl sites for hydroxylation is 1. The van der Waals surface area contributed by atoms with E-state index in [-0.39, 0.29) is 0 Å². The van der Waals surface area contributed by atoms with E-state index in [1.54, 1.807) is 0 Å². The van der Waals surface area contributed by atoms with Crippen LogP contribution in [0.5, 0.6) is 5.75 Å². The Morgan fingerprint density at radius 1 is 0.950 bits per heavy atom. The Morgan fingerprint density at radius 2 is 1.80 bits per heavy atom. The molecule has 20 heavy (non-hydrogen) atoms. The molecule has 0 fully saturated rings. The monoisotopic (exact) mass is 266 g/mol. The van der Waals surface area contributed by atoms with Crippen molar-refractivity contribution in [2.24, 2.45) is 0 Å². The normalized spacial score (nSPS) is 23.9. The second kappa shape index (κ2) is 4.35. The van der Waals surface area contributed by atoms with Crippen LogP contribution in [0.4, 0.5) is 0 Å². The summed E-state index contributed by atoms with van der Waals surface area (Å²) >= 11 is 0. The van der Waals surface area contributed by atoms with Crippen molar-refractivity contribution in [3.05, 3.63) is 64.7 Å².